The van der Waals surface area contributed by atoms with Gasteiger partial charge >= 0.3 is 18.3 Å². The molecule has 0 bridgehead atoms. The van der Waals surface area contributed by atoms with E-state index >= 15 is 13.2 Å². The third-order valence-electron chi connectivity index (χ3n) is 7.86. The van der Waals surface area contributed by atoms with Crippen LogP contribution >= 0.6 is 0 Å². The second-order valence-corrected chi connectivity index (χ2v) is 13.0. The first-order valence-electron chi connectivity index (χ1n) is 15.3. The molecular formula is C31H28F8N8O4. The van der Waals surface area contributed by atoms with E-state index in [9.17, 15) is 31.5 Å². The fourth-order valence-electron chi connectivity index (χ4n) is 5.53. The number of rotatable bonds is 6. The molecule has 2 aliphatic heterocycles. The van der Waals surface area contributed by atoms with E-state index in [2.05, 4.69) is 25.6 Å². The molecule has 2 aliphatic rings. The fraction of sp³-hybridized carbons (Fsp3) is 0.419. The number of carbonyl (C=O) groups excluding carboxylic acids is 2. The van der Waals surface area contributed by atoms with Gasteiger partial charge < -0.3 is 24.3 Å². The summed E-state index contributed by atoms with van der Waals surface area (Å²) in [6, 6.07) is 4.59. The number of amides is 2. The van der Waals surface area contributed by atoms with Gasteiger partial charge in [0, 0.05) is 24.9 Å². The van der Waals surface area contributed by atoms with E-state index in [1.165, 1.54) is 45.0 Å². The summed E-state index contributed by atoms with van der Waals surface area (Å²) >= 11 is 0. The van der Waals surface area contributed by atoms with Crippen molar-refractivity contribution in [2.24, 2.45) is 0 Å². The van der Waals surface area contributed by atoms with Crippen molar-refractivity contribution in [3.8, 4) is 17.1 Å². The molecule has 0 saturated carbocycles. The predicted octanol–water partition coefficient (Wildman–Crippen LogP) is 6.24. The predicted molar refractivity (Wildman–Crippen MR) is 161 cm³/mol. The molecule has 12 nitrogen and oxygen atoms in total. The molecule has 2 amide bonds. The van der Waals surface area contributed by atoms with Gasteiger partial charge in [-0.25, -0.2) is 36.4 Å². The number of alkyl halides is 7. The second kappa shape index (κ2) is 12.5. The van der Waals surface area contributed by atoms with Crippen LogP contribution in [0.15, 0.2) is 47.1 Å². The minimum atomic E-state index is -4.79. The first-order chi connectivity index (χ1) is 23.7. The van der Waals surface area contributed by atoms with Crippen molar-refractivity contribution in [1.29, 1.82) is 0 Å². The lowest BCUT2D eigenvalue weighted by molar-refractivity contribution is -0.144. The van der Waals surface area contributed by atoms with Gasteiger partial charge in [0.05, 0.1) is 30.0 Å². The molecule has 0 unspecified atom stereocenters. The van der Waals surface area contributed by atoms with Crippen molar-refractivity contribution in [2.45, 2.75) is 69.8 Å². The van der Waals surface area contributed by atoms with Crippen molar-refractivity contribution >= 4 is 23.7 Å². The van der Waals surface area contributed by atoms with E-state index < -0.39 is 102 Å². The molecule has 6 rings (SSSR count). The Balaban J connectivity index is 1.38. The summed E-state index contributed by atoms with van der Waals surface area (Å²) in [7, 11) is 0. The molecule has 1 atom stereocenters. The summed E-state index contributed by atoms with van der Waals surface area (Å²) in [4.78, 5) is 31.9. The van der Waals surface area contributed by atoms with E-state index in [4.69, 9.17) is 9.15 Å². The van der Waals surface area contributed by atoms with Gasteiger partial charge in [0.25, 0.3) is 23.6 Å². The lowest BCUT2D eigenvalue weighted by atomic mass is 9.99. The topological polar surface area (TPSA) is 132 Å². The Morgan fingerprint density at radius 1 is 1.08 bits per heavy atom. The number of anilines is 2. The largest absolute Gasteiger partial charge is 0.453 e. The number of hydrogen-bond acceptors (Lipinski definition) is 9. The smallest absolute Gasteiger partial charge is 0.444 e. The Morgan fingerprint density at radius 3 is 2.39 bits per heavy atom. The number of ether oxygens (including phenoxy) is 1. The molecule has 1 N–H and O–H groups in total. The van der Waals surface area contributed by atoms with Crippen LogP contribution in [0.2, 0.25) is 0 Å². The van der Waals surface area contributed by atoms with Gasteiger partial charge in [-0.3, -0.25) is 4.79 Å². The SMILES string of the molecule is CC(C)(C)OC(=O)N[C@@H]1CC(F)(F)c2cc(F)c(-c3nnc(N4CCC(F)(F)C4)o3)cc2N(Cc2ccc(-n3cnc(C(F)(F)F)n3)cc2)C1=O. The molecule has 0 radical (unpaired) electrons. The second-order valence-electron chi connectivity index (χ2n) is 13.0. The Morgan fingerprint density at radius 2 is 1.78 bits per heavy atom. The third-order valence-corrected chi connectivity index (χ3v) is 7.86. The molecule has 4 aromatic rings. The summed E-state index contributed by atoms with van der Waals surface area (Å²) in [5, 5.41) is 13.0. The van der Waals surface area contributed by atoms with Crippen LogP contribution < -0.4 is 15.1 Å². The van der Waals surface area contributed by atoms with E-state index in [1.807, 2.05) is 0 Å². The zero-order valence-electron chi connectivity index (χ0n) is 26.9. The van der Waals surface area contributed by atoms with Crippen LogP contribution in [-0.4, -0.2) is 67.6 Å². The van der Waals surface area contributed by atoms with Gasteiger partial charge in [0.1, 0.15) is 23.8 Å². The normalized spacial score (nSPS) is 18.8. The minimum Gasteiger partial charge on any atom is -0.444 e. The first kappa shape index (κ1) is 35.5. The van der Waals surface area contributed by atoms with Gasteiger partial charge in [-0.2, -0.15) is 13.2 Å². The van der Waals surface area contributed by atoms with Crippen LogP contribution in [0, 0.1) is 5.82 Å². The molecule has 2 aromatic carbocycles. The van der Waals surface area contributed by atoms with E-state index in [0.29, 0.717) is 6.07 Å². The average molecular weight is 729 g/mol. The summed E-state index contributed by atoms with van der Waals surface area (Å²) < 4.78 is 126. The molecule has 20 heteroatoms. The first-order valence-corrected chi connectivity index (χ1v) is 15.3. The van der Waals surface area contributed by atoms with Gasteiger partial charge in [0.2, 0.25) is 5.91 Å². The number of aromatic nitrogens is 5. The number of fused-ring (bicyclic) bond motifs is 1. The van der Waals surface area contributed by atoms with Crippen LogP contribution in [0.3, 0.4) is 0 Å². The fourth-order valence-corrected chi connectivity index (χ4v) is 5.53. The Kier molecular flexibility index (Phi) is 8.69. The van der Waals surface area contributed by atoms with Crippen molar-refractivity contribution < 1.29 is 53.9 Å². The van der Waals surface area contributed by atoms with Crippen LogP contribution in [0.5, 0.6) is 0 Å². The number of benzene rings is 2. The monoisotopic (exact) mass is 728 g/mol. The van der Waals surface area contributed by atoms with Crippen LogP contribution in [0.4, 0.5) is 51.6 Å². The Labute approximate surface area is 283 Å². The van der Waals surface area contributed by atoms with Gasteiger partial charge in [-0.15, -0.1) is 10.2 Å². The summed E-state index contributed by atoms with van der Waals surface area (Å²) in [5.41, 5.74) is -2.58. The number of nitrogens with zero attached hydrogens (tertiary/aromatic N) is 7. The third kappa shape index (κ3) is 7.58. The maximum atomic E-state index is 15.9. The highest BCUT2D eigenvalue weighted by atomic mass is 19.4. The Bertz CT molecular complexity index is 1960. The standard InChI is InChI=1S/C31H28F8N8O4/c1-28(2,3)51-27(49)41-21-12-30(35,36)19-11-20(32)18(23-42-43-26(50-23)45-9-8-29(33,34)14-45)10-22(19)46(24(21)48)13-16-4-6-17(7-5-16)47-15-40-25(44-47)31(37,38)39/h4-7,10-11,15,21H,8-9,12-14H2,1-3H3,(H,41,49)/t21-/m1/s1. The highest BCUT2D eigenvalue weighted by molar-refractivity contribution is 6.00. The van der Waals surface area contributed by atoms with E-state index in [1.54, 1.807) is 0 Å². The molecule has 0 spiro atoms. The average Bonchev–Trinajstić information content (AvgIpc) is 3.77. The molecule has 4 heterocycles. The molecule has 272 valence electrons. The lowest BCUT2D eigenvalue weighted by Crippen LogP contribution is -2.49. The number of halogens is 8. The van der Waals surface area contributed by atoms with Crippen molar-refractivity contribution in [3.05, 3.63) is 65.5 Å². The van der Waals surface area contributed by atoms with Gasteiger partial charge in [0.15, 0.2) is 0 Å². The summed E-state index contributed by atoms with van der Waals surface area (Å²) in [5.74, 6) is -11.2. The van der Waals surface area contributed by atoms with E-state index in [0.717, 1.165) is 26.9 Å². The molecule has 1 saturated heterocycles. The van der Waals surface area contributed by atoms with Crippen LogP contribution in [0.1, 0.15) is 50.6 Å². The number of alkyl carbamates (subject to hydrolysis) is 1. The van der Waals surface area contributed by atoms with Crippen molar-refractivity contribution in [2.75, 3.05) is 22.9 Å². The molecular weight excluding hydrogens is 700 g/mol. The van der Waals surface area contributed by atoms with E-state index in [-0.39, 0.29) is 23.8 Å². The van der Waals surface area contributed by atoms with Crippen molar-refractivity contribution in [3.63, 3.8) is 0 Å². The summed E-state index contributed by atoms with van der Waals surface area (Å²) in [6.07, 6.45) is -6.89. The maximum absolute atomic E-state index is 15.9. The lowest BCUT2D eigenvalue weighted by Gasteiger charge is -2.27. The number of nitrogens with one attached hydrogen (secondary N) is 1. The number of carbonyl (C=O) groups is 2. The molecule has 1 fully saturated rings. The minimum absolute atomic E-state index is 0.138. The Hall–Kier alpha value is -5.30. The van der Waals surface area contributed by atoms with Crippen molar-refractivity contribution in [1.82, 2.24) is 30.3 Å². The van der Waals surface area contributed by atoms with Crippen LogP contribution in [-0.2, 0) is 28.2 Å². The van der Waals surface area contributed by atoms with Crippen LogP contribution in [0.25, 0.3) is 17.1 Å². The zero-order chi connectivity index (χ0) is 37.1. The van der Waals surface area contributed by atoms with Gasteiger partial charge in [-0.05, 0) is 50.6 Å². The number of hydrogen-bond donors (Lipinski definition) is 1. The maximum Gasteiger partial charge on any atom is 0.453 e. The zero-order valence-corrected chi connectivity index (χ0v) is 26.9. The molecule has 51 heavy (non-hydrogen) atoms. The highest BCUT2D eigenvalue weighted by Crippen LogP contribution is 2.45. The molecule has 0 aliphatic carbocycles. The van der Waals surface area contributed by atoms with Gasteiger partial charge in [-0.1, -0.05) is 17.2 Å². The highest BCUT2D eigenvalue weighted by Gasteiger charge is 2.47. The quantitative estimate of drug-likeness (QED) is 0.229. The summed E-state index contributed by atoms with van der Waals surface area (Å²) in [6.45, 7) is 3.24. The molecule has 2 aromatic heterocycles.